The number of hydrogen-bond acceptors (Lipinski definition) is 4. The van der Waals surface area contributed by atoms with E-state index in [9.17, 15) is 0 Å². The molecule has 0 saturated heterocycles. The minimum Gasteiger partial charge on any atom is -0.383 e. The molecule has 0 fully saturated rings. The van der Waals surface area contributed by atoms with Gasteiger partial charge in [-0.1, -0.05) is 6.92 Å². The first-order valence-electron chi connectivity index (χ1n) is 6.01. The Labute approximate surface area is 100 Å². The monoisotopic (exact) mass is 232 g/mol. The molecule has 4 nitrogen and oxygen atoms in total. The quantitative estimate of drug-likeness (QED) is 0.608. The van der Waals surface area contributed by atoms with E-state index in [0.29, 0.717) is 0 Å². The SMILES string of the molecule is CCNC(C)(C)CN(CCOC)CCOC. The molecule has 16 heavy (non-hydrogen) atoms. The number of hydrogen-bond donors (Lipinski definition) is 1. The van der Waals surface area contributed by atoms with Crippen LogP contribution in [0.15, 0.2) is 0 Å². The van der Waals surface area contributed by atoms with Crippen LogP contribution in [0.1, 0.15) is 20.8 Å². The zero-order valence-corrected chi connectivity index (χ0v) is 11.5. The van der Waals surface area contributed by atoms with Crippen molar-refractivity contribution < 1.29 is 9.47 Å². The third kappa shape index (κ3) is 8.05. The molecule has 0 saturated carbocycles. The minimum atomic E-state index is 0.135. The number of likely N-dealkylation sites (N-methyl/N-ethyl adjacent to an activating group) is 1. The molecule has 0 unspecified atom stereocenters. The van der Waals surface area contributed by atoms with Crippen LogP contribution in [0.5, 0.6) is 0 Å². The van der Waals surface area contributed by atoms with Crippen LogP contribution in [-0.4, -0.2) is 64.1 Å². The first-order valence-corrected chi connectivity index (χ1v) is 6.01. The van der Waals surface area contributed by atoms with Gasteiger partial charge in [0.05, 0.1) is 13.2 Å². The molecule has 0 spiro atoms. The van der Waals surface area contributed by atoms with Crippen LogP contribution in [0, 0.1) is 0 Å². The Balaban J connectivity index is 4.06. The Morgan fingerprint density at radius 2 is 1.56 bits per heavy atom. The highest BCUT2D eigenvalue weighted by atomic mass is 16.5. The summed E-state index contributed by atoms with van der Waals surface area (Å²) in [6, 6.07) is 0. The molecular formula is C12H28N2O2. The van der Waals surface area contributed by atoms with Crippen LogP contribution in [-0.2, 0) is 9.47 Å². The molecule has 0 amide bonds. The fraction of sp³-hybridized carbons (Fsp3) is 1.00. The van der Waals surface area contributed by atoms with Gasteiger partial charge in [0.25, 0.3) is 0 Å². The van der Waals surface area contributed by atoms with Gasteiger partial charge in [0.1, 0.15) is 0 Å². The van der Waals surface area contributed by atoms with Crippen LogP contribution in [0.3, 0.4) is 0 Å². The number of nitrogens with one attached hydrogen (secondary N) is 1. The normalized spacial score (nSPS) is 12.4. The summed E-state index contributed by atoms with van der Waals surface area (Å²) in [7, 11) is 3.48. The van der Waals surface area contributed by atoms with E-state index in [2.05, 4.69) is 31.0 Å². The van der Waals surface area contributed by atoms with E-state index in [4.69, 9.17) is 9.47 Å². The van der Waals surface area contributed by atoms with Gasteiger partial charge >= 0.3 is 0 Å². The maximum atomic E-state index is 5.12. The summed E-state index contributed by atoms with van der Waals surface area (Å²) >= 11 is 0. The zero-order chi connectivity index (χ0) is 12.4. The molecule has 0 bridgehead atoms. The fourth-order valence-electron chi connectivity index (χ4n) is 1.80. The molecule has 0 heterocycles. The van der Waals surface area contributed by atoms with Crippen molar-refractivity contribution in [1.29, 1.82) is 0 Å². The maximum Gasteiger partial charge on any atom is 0.0589 e. The zero-order valence-electron chi connectivity index (χ0n) is 11.5. The van der Waals surface area contributed by atoms with Crippen molar-refractivity contribution in [3.63, 3.8) is 0 Å². The first-order chi connectivity index (χ1) is 7.55. The lowest BCUT2D eigenvalue weighted by Crippen LogP contribution is -2.50. The lowest BCUT2D eigenvalue weighted by Gasteiger charge is -2.33. The van der Waals surface area contributed by atoms with E-state index >= 15 is 0 Å². The molecule has 0 rings (SSSR count). The maximum absolute atomic E-state index is 5.12. The van der Waals surface area contributed by atoms with Crippen molar-refractivity contribution in [3.05, 3.63) is 0 Å². The third-order valence-electron chi connectivity index (χ3n) is 2.50. The second-order valence-electron chi connectivity index (χ2n) is 4.68. The predicted octanol–water partition coefficient (Wildman–Crippen LogP) is 0.969. The van der Waals surface area contributed by atoms with Crippen molar-refractivity contribution in [3.8, 4) is 0 Å². The van der Waals surface area contributed by atoms with E-state index in [1.807, 2.05) is 0 Å². The van der Waals surface area contributed by atoms with Gasteiger partial charge in [-0.15, -0.1) is 0 Å². The van der Waals surface area contributed by atoms with Gasteiger partial charge in [0.15, 0.2) is 0 Å². The summed E-state index contributed by atoms with van der Waals surface area (Å²) in [6.07, 6.45) is 0. The highest BCUT2D eigenvalue weighted by Crippen LogP contribution is 2.05. The third-order valence-corrected chi connectivity index (χ3v) is 2.50. The van der Waals surface area contributed by atoms with Gasteiger partial charge in [-0.3, -0.25) is 4.90 Å². The Morgan fingerprint density at radius 3 is 1.94 bits per heavy atom. The van der Waals surface area contributed by atoms with Crippen molar-refractivity contribution in [2.45, 2.75) is 26.3 Å². The molecule has 0 aromatic heterocycles. The molecule has 1 N–H and O–H groups in total. The molecule has 0 aliphatic heterocycles. The fourth-order valence-corrected chi connectivity index (χ4v) is 1.80. The molecule has 4 heteroatoms. The second kappa shape index (κ2) is 8.93. The highest BCUT2D eigenvalue weighted by molar-refractivity contribution is 4.81. The van der Waals surface area contributed by atoms with Gasteiger partial charge in [-0.2, -0.15) is 0 Å². The number of methoxy groups -OCH3 is 2. The molecule has 0 radical (unpaired) electrons. The van der Waals surface area contributed by atoms with E-state index in [0.717, 1.165) is 39.4 Å². The minimum absolute atomic E-state index is 0.135. The van der Waals surface area contributed by atoms with E-state index in [1.165, 1.54) is 0 Å². The Morgan fingerprint density at radius 1 is 1.06 bits per heavy atom. The lowest BCUT2D eigenvalue weighted by molar-refractivity contribution is 0.0976. The second-order valence-corrected chi connectivity index (χ2v) is 4.68. The molecule has 98 valence electrons. The largest absolute Gasteiger partial charge is 0.383 e. The summed E-state index contributed by atoms with van der Waals surface area (Å²) in [5.41, 5.74) is 0.135. The number of nitrogens with zero attached hydrogens (tertiary/aromatic N) is 1. The van der Waals surface area contributed by atoms with Crippen LogP contribution < -0.4 is 5.32 Å². The van der Waals surface area contributed by atoms with E-state index in [1.54, 1.807) is 14.2 Å². The summed E-state index contributed by atoms with van der Waals surface area (Å²) in [5, 5.41) is 3.48. The van der Waals surface area contributed by atoms with Gasteiger partial charge in [-0.25, -0.2) is 0 Å². The molecule has 0 aromatic rings. The Hall–Kier alpha value is -0.160. The van der Waals surface area contributed by atoms with Crippen molar-refractivity contribution >= 4 is 0 Å². The molecule has 0 aromatic carbocycles. The standard InChI is InChI=1S/C12H28N2O2/c1-6-13-12(2,3)11-14(7-9-15-4)8-10-16-5/h13H,6-11H2,1-5H3. The molecular weight excluding hydrogens is 204 g/mol. The topological polar surface area (TPSA) is 33.7 Å². The van der Waals surface area contributed by atoms with Crippen molar-refractivity contribution in [1.82, 2.24) is 10.2 Å². The number of rotatable bonds is 10. The van der Waals surface area contributed by atoms with Crippen LogP contribution in [0.2, 0.25) is 0 Å². The van der Waals surface area contributed by atoms with E-state index < -0.39 is 0 Å². The van der Waals surface area contributed by atoms with Crippen molar-refractivity contribution in [2.75, 3.05) is 53.6 Å². The molecule has 0 aliphatic carbocycles. The highest BCUT2D eigenvalue weighted by Gasteiger charge is 2.19. The summed E-state index contributed by atoms with van der Waals surface area (Å²) in [4.78, 5) is 2.37. The van der Waals surface area contributed by atoms with Gasteiger partial charge in [0, 0.05) is 39.4 Å². The Kier molecular flexibility index (Phi) is 8.84. The Bertz CT molecular complexity index is 155. The summed E-state index contributed by atoms with van der Waals surface area (Å²) < 4.78 is 10.2. The average molecular weight is 232 g/mol. The lowest BCUT2D eigenvalue weighted by atomic mass is 10.0. The van der Waals surface area contributed by atoms with Gasteiger partial charge < -0.3 is 14.8 Å². The van der Waals surface area contributed by atoms with Gasteiger partial charge in [-0.05, 0) is 20.4 Å². The smallest absolute Gasteiger partial charge is 0.0589 e. The molecule has 0 aliphatic rings. The van der Waals surface area contributed by atoms with Crippen molar-refractivity contribution in [2.24, 2.45) is 0 Å². The molecule has 0 atom stereocenters. The summed E-state index contributed by atoms with van der Waals surface area (Å²) in [6.45, 7) is 12.0. The number of ether oxygens (including phenoxy) is 2. The van der Waals surface area contributed by atoms with Crippen LogP contribution in [0.25, 0.3) is 0 Å². The van der Waals surface area contributed by atoms with Gasteiger partial charge in [0.2, 0.25) is 0 Å². The first kappa shape index (κ1) is 15.8. The predicted molar refractivity (Wildman–Crippen MR) is 67.9 cm³/mol. The van der Waals surface area contributed by atoms with Crippen LogP contribution in [0.4, 0.5) is 0 Å². The summed E-state index contributed by atoms with van der Waals surface area (Å²) in [5.74, 6) is 0. The average Bonchev–Trinajstić information content (AvgIpc) is 2.21. The van der Waals surface area contributed by atoms with Crippen LogP contribution >= 0.6 is 0 Å². The van der Waals surface area contributed by atoms with E-state index in [-0.39, 0.29) is 5.54 Å².